The van der Waals surface area contributed by atoms with Crippen molar-refractivity contribution in [2.24, 2.45) is 5.92 Å². The van der Waals surface area contributed by atoms with E-state index in [1.807, 2.05) is 11.3 Å². The van der Waals surface area contributed by atoms with Gasteiger partial charge in [0, 0.05) is 12.6 Å². The molecule has 0 bridgehead atoms. The molecule has 2 aliphatic rings. The van der Waals surface area contributed by atoms with Crippen molar-refractivity contribution >= 4 is 33.9 Å². The highest BCUT2D eigenvalue weighted by Crippen LogP contribution is 2.47. The van der Waals surface area contributed by atoms with Gasteiger partial charge in [0.2, 0.25) is 0 Å². The molecule has 2 atom stereocenters. The molecule has 100 valence electrons. The first kappa shape index (κ1) is 13.3. The topological polar surface area (TPSA) is 21.3 Å². The second kappa shape index (κ2) is 5.38. The summed E-state index contributed by atoms with van der Waals surface area (Å²) in [5.74, 6) is 0.731. The van der Waals surface area contributed by atoms with Crippen LogP contribution in [0.3, 0.4) is 0 Å². The zero-order chi connectivity index (χ0) is 12.6. The highest BCUT2D eigenvalue weighted by Gasteiger charge is 2.44. The Hall–Kier alpha value is 0.350. The molecule has 1 aliphatic carbocycles. The van der Waals surface area contributed by atoms with Crippen molar-refractivity contribution < 1.29 is 4.74 Å². The molecule has 2 nitrogen and oxygen atoms in total. The normalized spacial score (nSPS) is 28.0. The standard InChI is InChI=1S/C14H20INOS/c1-16-13(11-7-12(15)18-9-11)10-3-6-17-14(8-10)4-2-5-14/h7,9-10,13,16H,2-6,8H2,1H3. The zero-order valence-electron chi connectivity index (χ0n) is 10.7. The van der Waals surface area contributed by atoms with Gasteiger partial charge in [-0.15, -0.1) is 11.3 Å². The van der Waals surface area contributed by atoms with Crippen molar-refractivity contribution in [3.63, 3.8) is 0 Å². The molecule has 18 heavy (non-hydrogen) atoms. The predicted molar refractivity (Wildman–Crippen MR) is 84.1 cm³/mol. The Bertz CT molecular complexity index is 416. The first-order valence-electron chi connectivity index (χ1n) is 6.78. The Morgan fingerprint density at radius 1 is 1.56 bits per heavy atom. The van der Waals surface area contributed by atoms with E-state index in [0.29, 0.717) is 6.04 Å². The molecule has 0 aromatic carbocycles. The molecule has 0 radical (unpaired) electrons. The van der Waals surface area contributed by atoms with Gasteiger partial charge in [-0.05, 0) is 84.7 Å². The number of halogens is 1. The molecule has 0 amide bonds. The largest absolute Gasteiger partial charge is 0.375 e. The summed E-state index contributed by atoms with van der Waals surface area (Å²) in [6.45, 7) is 0.948. The van der Waals surface area contributed by atoms with E-state index in [-0.39, 0.29) is 5.60 Å². The fourth-order valence-corrected chi connectivity index (χ4v) is 4.84. The van der Waals surface area contributed by atoms with Gasteiger partial charge in [-0.3, -0.25) is 0 Å². The monoisotopic (exact) mass is 377 g/mol. The van der Waals surface area contributed by atoms with E-state index < -0.39 is 0 Å². The molecule has 1 saturated carbocycles. The van der Waals surface area contributed by atoms with Crippen LogP contribution < -0.4 is 5.32 Å². The van der Waals surface area contributed by atoms with Crippen LogP contribution >= 0.6 is 33.9 Å². The number of thiophene rings is 1. The van der Waals surface area contributed by atoms with E-state index in [1.165, 1.54) is 40.6 Å². The third kappa shape index (κ3) is 2.49. The number of rotatable bonds is 3. The molecule has 2 heterocycles. The van der Waals surface area contributed by atoms with Crippen molar-refractivity contribution in [3.8, 4) is 0 Å². The summed E-state index contributed by atoms with van der Waals surface area (Å²) < 4.78 is 7.42. The summed E-state index contributed by atoms with van der Waals surface area (Å²) >= 11 is 4.26. The molecule has 4 heteroatoms. The van der Waals surface area contributed by atoms with Gasteiger partial charge in [0.1, 0.15) is 0 Å². The lowest BCUT2D eigenvalue weighted by Crippen LogP contribution is -2.47. The average Bonchev–Trinajstić information content (AvgIpc) is 2.75. The summed E-state index contributed by atoms with van der Waals surface area (Å²) in [5.41, 5.74) is 1.72. The van der Waals surface area contributed by atoms with Crippen molar-refractivity contribution in [2.75, 3.05) is 13.7 Å². The van der Waals surface area contributed by atoms with Crippen molar-refractivity contribution in [1.82, 2.24) is 5.32 Å². The minimum atomic E-state index is 0.251. The number of hydrogen-bond donors (Lipinski definition) is 1. The second-order valence-corrected chi connectivity index (χ2v) is 8.39. The summed E-state index contributed by atoms with van der Waals surface area (Å²) in [7, 11) is 2.10. The number of hydrogen-bond acceptors (Lipinski definition) is 3. The summed E-state index contributed by atoms with van der Waals surface area (Å²) in [6.07, 6.45) is 6.35. The number of ether oxygens (including phenoxy) is 1. The maximum atomic E-state index is 6.04. The lowest BCUT2D eigenvalue weighted by Gasteiger charge is -2.48. The van der Waals surface area contributed by atoms with Crippen LogP contribution in [-0.2, 0) is 4.74 Å². The van der Waals surface area contributed by atoms with E-state index in [1.54, 1.807) is 0 Å². The van der Waals surface area contributed by atoms with Gasteiger partial charge in [-0.1, -0.05) is 0 Å². The van der Waals surface area contributed by atoms with E-state index in [9.17, 15) is 0 Å². The molecular weight excluding hydrogens is 357 g/mol. The molecule has 2 fully saturated rings. The van der Waals surface area contributed by atoms with Crippen LogP contribution in [0.1, 0.15) is 43.7 Å². The fourth-order valence-electron chi connectivity index (χ4n) is 3.43. The third-order valence-electron chi connectivity index (χ3n) is 4.53. The van der Waals surface area contributed by atoms with Crippen LogP contribution in [0.25, 0.3) is 0 Å². The van der Waals surface area contributed by atoms with E-state index in [4.69, 9.17) is 4.74 Å². The number of nitrogens with one attached hydrogen (secondary N) is 1. The Kier molecular flexibility index (Phi) is 3.99. The van der Waals surface area contributed by atoms with E-state index in [0.717, 1.165) is 12.5 Å². The first-order valence-corrected chi connectivity index (χ1v) is 8.73. The van der Waals surface area contributed by atoms with Crippen LogP contribution in [0, 0.1) is 8.80 Å². The molecular formula is C14H20INOS. The quantitative estimate of drug-likeness (QED) is 0.806. The van der Waals surface area contributed by atoms with Crippen molar-refractivity contribution in [2.45, 2.75) is 43.7 Å². The Labute approximate surface area is 127 Å². The van der Waals surface area contributed by atoms with E-state index >= 15 is 0 Å². The van der Waals surface area contributed by atoms with Gasteiger partial charge in [0.25, 0.3) is 0 Å². The van der Waals surface area contributed by atoms with Crippen LogP contribution in [0.2, 0.25) is 0 Å². The summed E-state index contributed by atoms with van der Waals surface area (Å²) in [5, 5.41) is 5.85. The van der Waals surface area contributed by atoms with Crippen molar-refractivity contribution in [1.29, 1.82) is 0 Å². The second-order valence-electron chi connectivity index (χ2n) is 5.59. The van der Waals surface area contributed by atoms with Gasteiger partial charge >= 0.3 is 0 Å². The maximum absolute atomic E-state index is 6.04. The molecule has 1 aromatic heterocycles. The average molecular weight is 377 g/mol. The third-order valence-corrected chi connectivity index (χ3v) is 6.33. The van der Waals surface area contributed by atoms with Gasteiger partial charge in [-0.25, -0.2) is 0 Å². The predicted octanol–water partition coefficient (Wildman–Crippen LogP) is 3.96. The summed E-state index contributed by atoms with van der Waals surface area (Å²) in [6, 6.07) is 2.83. The highest BCUT2D eigenvalue weighted by molar-refractivity contribution is 14.1. The van der Waals surface area contributed by atoms with Crippen LogP contribution in [-0.4, -0.2) is 19.3 Å². The first-order chi connectivity index (χ1) is 8.72. The van der Waals surface area contributed by atoms with Gasteiger partial charge in [0.05, 0.1) is 8.48 Å². The Morgan fingerprint density at radius 2 is 2.39 bits per heavy atom. The van der Waals surface area contributed by atoms with Crippen LogP contribution in [0.5, 0.6) is 0 Å². The minimum Gasteiger partial charge on any atom is -0.375 e. The van der Waals surface area contributed by atoms with Gasteiger partial charge in [0.15, 0.2) is 0 Å². The lowest BCUT2D eigenvalue weighted by molar-refractivity contribution is -0.147. The van der Waals surface area contributed by atoms with Crippen LogP contribution in [0.15, 0.2) is 11.4 Å². The minimum absolute atomic E-state index is 0.251. The van der Waals surface area contributed by atoms with Crippen LogP contribution in [0.4, 0.5) is 0 Å². The fraction of sp³-hybridized carbons (Fsp3) is 0.714. The Balaban J connectivity index is 1.75. The molecule has 2 unspecified atom stereocenters. The zero-order valence-corrected chi connectivity index (χ0v) is 13.7. The molecule has 1 aliphatic heterocycles. The smallest absolute Gasteiger partial charge is 0.0686 e. The molecule has 3 rings (SSSR count). The Morgan fingerprint density at radius 3 is 2.94 bits per heavy atom. The lowest BCUT2D eigenvalue weighted by atomic mass is 9.70. The SMILES string of the molecule is CNC(c1csc(I)c1)C1CCOC2(CCC2)C1. The molecule has 1 N–H and O–H groups in total. The molecule has 1 saturated heterocycles. The maximum Gasteiger partial charge on any atom is 0.0686 e. The van der Waals surface area contributed by atoms with Gasteiger partial charge in [-0.2, -0.15) is 0 Å². The highest BCUT2D eigenvalue weighted by atomic mass is 127. The molecule has 1 spiro atoms. The molecule has 1 aromatic rings. The van der Waals surface area contributed by atoms with Crippen molar-refractivity contribution in [3.05, 3.63) is 19.9 Å². The summed E-state index contributed by atoms with van der Waals surface area (Å²) in [4.78, 5) is 0. The van der Waals surface area contributed by atoms with E-state index in [2.05, 4.69) is 46.4 Å². The van der Waals surface area contributed by atoms with Gasteiger partial charge < -0.3 is 10.1 Å².